The number of hydrogen-bond donors (Lipinski definition) is 0. The SMILES string of the molecule is CCC[C@H]1CC[C@H](CC[C@H]2CC[C@H](c3cccc([N+](=O)[O-])c3F)CC2)CC1. The lowest BCUT2D eigenvalue weighted by molar-refractivity contribution is -0.387. The molecule has 4 heteroatoms. The van der Waals surface area contributed by atoms with E-state index in [1.54, 1.807) is 12.1 Å². The van der Waals surface area contributed by atoms with E-state index in [-0.39, 0.29) is 11.6 Å². The molecular weight excluding hydrogens is 341 g/mol. The number of hydrogen-bond acceptors (Lipinski definition) is 2. The molecule has 0 saturated heterocycles. The highest BCUT2D eigenvalue weighted by molar-refractivity contribution is 5.38. The highest BCUT2D eigenvalue weighted by Gasteiger charge is 2.28. The molecule has 2 fully saturated rings. The maximum absolute atomic E-state index is 14.4. The minimum atomic E-state index is -0.616. The molecule has 0 spiro atoms. The molecule has 2 aliphatic carbocycles. The van der Waals surface area contributed by atoms with Crippen molar-refractivity contribution in [3.8, 4) is 0 Å². The molecule has 0 atom stereocenters. The van der Waals surface area contributed by atoms with E-state index >= 15 is 0 Å². The Bertz CT molecular complexity index is 617. The number of rotatable bonds is 7. The van der Waals surface area contributed by atoms with Gasteiger partial charge in [0, 0.05) is 6.07 Å². The molecule has 150 valence electrons. The largest absolute Gasteiger partial charge is 0.305 e. The second kappa shape index (κ2) is 9.66. The van der Waals surface area contributed by atoms with Crippen molar-refractivity contribution in [1.29, 1.82) is 0 Å². The highest BCUT2D eigenvalue weighted by Crippen LogP contribution is 2.41. The van der Waals surface area contributed by atoms with Crippen LogP contribution in [0.2, 0.25) is 0 Å². The normalized spacial score (nSPS) is 28.8. The van der Waals surface area contributed by atoms with E-state index in [0.29, 0.717) is 5.56 Å². The van der Waals surface area contributed by atoms with Crippen LogP contribution in [0.5, 0.6) is 0 Å². The standard InChI is InChI=1S/C23H34FNO2/c1-2-4-17-7-9-18(10-8-17)11-12-19-13-15-20(16-14-19)21-5-3-6-22(23(21)24)25(26)27/h3,5-6,17-20H,2,4,7-16H2,1H3/t17-,18-,19-,20-. The van der Waals surface area contributed by atoms with Crippen LogP contribution in [0.15, 0.2) is 18.2 Å². The van der Waals surface area contributed by atoms with E-state index in [2.05, 4.69) is 6.92 Å². The lowest BCUT2D eigenvalue weighted by atomic mass is 9.74. The molecule has 0 unspecified atom stereocenters. The van der Waals surface area contributed by atoms with Crippen molar-refractivity contribution < 1.29 is 9.31 Å². The van der Waals surface area contributed by atoms with Gasteiger partial charge in [0.15, 0.2) is 0 Å². The zero-order valence-corrected chi connectivity index (χ0v) is 16.7. The van der Waals surface area contributed by atoms with Gasteiger partial charge in [-0.05, 0) is 54.9 Å². The second-order valence-electron chi connectivity index (χ2n) is 8.91. The van der Waals surface area contributed by atoms with Crippen molar-refractivity contribution in [3.05, 3.63) is 39.7 Å². The molecule has 2 aliphatic rings. The molecule has 3 rings (SSSR count). The molecule has 1 aromatic carbocycles. The first-order valence-electron chi connectivity index (χ1n) is 11.0. The van der Waals surface area contributed by atoms with Crippen LogP contribution in [-0.4, -0.2) is 4.92 Å². The van der Waals surface area contributed by atoms with Crippen LogP contribution in [0, 0.1) is 33.7 Å². The number of nitro groups is 1. The summed E-state index contributed by atoms with van der Waals surface area (Å²) in [5.74, 6) is 2.19. The highest BCUT2D eigenvalue weighted by atomic mass is 19.1. The van der Waals surface area contributed by atoms with E-state index in [1.165, 1.54) is 57.4 Å². The molecule has 0 aromatic heterocycles. The van der Waals surface area contributed by atoms with Gasteiger partial charge in [0.25, 0.3) is 0 Å². The van der Waals surface area contributed by atoms with Gasteiger partial charge in [-0.25, -0.2) is 0 Å². The summed E-state index contributed by atoms with van der Waals surface area (Å²) in [4.78, 5) is 10.4. The van der Waals surface area contributed by atoms with Crippen molar-refractivity contribution in [2.75, 3.05) is 0 Å². The minimum absolute atomic E-state index is 0.144. The lowest BCUT2D eigenvalue weighted by Crippen LogP contribution is -2.18. The van der Waals surface area contributed by atoms with E-state index in [1.807, 2.05) is 0 Å². The summed E-state index contributed by atoms with van der Waals surface area (Å²) < 4.78 is 14.4. The van der Waals surface area contributed by atoms with Gasteiger partial charge in [-0.1, -0.05) is 70.4 Å². The van der Waals surface area contributed by atoms with Crippen LogP contribution >= 0.6 is 0 Å². The van der Waals surface area contributed by atoms with E-state index in [0.717, 1.165) is 43.4 Å². The molecule has 0 radical (unpaired) electrons. The van der Waals surface area contributed by atoms with Crippen LogP contribution in [0.3, 0.4) is 0 Å². The first-order valence-corrected chi connectivity index (χ1v) is 11.0. The van der Waals surface area contributed by atoms with E-state index in [9.17, 15) is 14.5 Å². The number of halogens is 1. The Morgan fingerprint density at radius 1 is 0.926 bits per heavy atom. The number of benzene rings is 1. The molecule has 27 heavy (non-hydrogen) atoms. The Labute approximate surface area is 162 Å². The average Bonchev–Trinajstić information content (AvgIpc) is 2.68. The van der Waals surface area contributed by atoms with Gasteiger partial charge in [-0.15, -0.1) is 0 Å². The van der Waals surface area contributed by atoms with E-state index in [4.69, 9.17) is 0 Å². The Morgan fingerprint density at radius 2 is 1.44 bits per heavy atom. The first kappa shape index (κ1) is 20.3. The molecule has 1 aromatic rings. The van der Waals surface area contributed by atoms with Crippen LogP contribution < -0.4 is 0 Å². The smallest absolute Gasteiger partial charge is 0.258 e. The fraction of sp³-hybridized carbons (Fsp3) is 0.739. The molecule has 3 nitrogen and oxygen atoms in total. The van der Waals surface area contributed by atoms with Crippen molar-refractivity contribution in [3.63, 3.8) is 0 Å². The van der Waals surface area contributed by atoms with Gasteiger partial charge in [-0.2, -0.15) is 4.39 Å². The summed E-state index contributed by atoms with van der Waals surface area (Å²) >= 11 is 0. The van der Waals surface area contributed by atoms with Gasteiger partial charge in [0.1, 0.15) is 0 Å². The van der Waals surface area contributed by atoms with Gasteiger partial charge >= 0.3 is 5.69 Å². The van der Waals surface area contributed by atoms with Crippen LogP contribution in [0.4, 0.5) is 10.1 Å². The molecule has 0 aliphatic heterocycles. The minimum Gasteiger partial charge on any atom is -0.258 e. The topological polar surface area (TPSA) is 43.1 Å². The fourth-order valence-corrected chi connectivity index (χ4v) is 5.44. The summed E-state index contributed by atoms with van der Waals surface area (Å²) in [6, 6.07) is 4.62. The zero-order valence-electron chi connectivity index (χ0n) is 16.7. The van der Waals surface area contributed by atoms with Crippen LogP contribution in [0.25, 0.3) is 0 Å². The summed E-state index contributed by atoms with van der Waals surface area (Å²) in [6.45, 7) is 2.29. The third-order valence-electron chi connectivity index (χ3n) is 7.14. The summed E-state index contributed by atoms with van der Waals surface area (Å²) in [6.07, 6.45) is 15.3. The quantitative estimate of drug-likeness (QED) is 0.368. The van der Waals surface area contributed by atoms with Crippen molar-refractivity contribution in [2.45, 2.75) is 89.9 Å². The predicted molar refractivity (Wildman–Crippen MR) is 107 cm³/mol. The predicted octanol–water partition coefficient (Wildman–Crippen LogP) is 7.39. The van der Waals surface area contributed by atoms with Crippen molar-refractivity contribution in [1.82, 2.24) is 0 Å². The third-order valence-corrected chi connectivity index (χ3v) is 7.14. The van der Waals surface area contributed by atoms with Gasteiger partial charge < -0.3 is 0 Å². The van der Waals surface area contributed by atoms with Crippen molar-refractivity contribution in [2.24, 2.45) is 17.8 Å². The Kier molecular flexibility index (Phi) is 7.26. The third kappa shape index (κ3) is 5.30. The monoisotopic (exact) mass is 375 g/mol. The molecule has 0 bridgehead atoms. The summed E-state index contributed by atoms with van der Waals surface area (Å²) in [5, 5.41) is 11.0. The molecule has 2 saturated carbocycles. The first-order chi connectivity index (χ1) is 13.1. The number of nitrogens with zero attached hydrogens (tertiary/aromatic N) is 1. The van der Waals surface area contributed by atoms with Gasteiger partial charge in [0.2, 0.25) is 5.82 Å². The lowest BCUT2D eigenvalue weighted by Gasteiger charge is -2.32. The van der Waals surface area contributed by atoms with Gasteiger partial charge in [0.05, 0.1) is 4.92 Å². The van der Waals surface area contributed by atoms with Crippen LogP contribution in [-0.2, 0) is 0 Å². The van der Waals surface area contributed by atoms with Crippen LogP contribution in [0.1, 0.15) is 95.5 Å². The maximum Gasteiger partial charge on any atom is 0.305 e. The fourth-order valence-electron chi connectivity index (χ4n) is 5.44. The Morgan fingerprint density at radius 3 is 1.96 bits per heavy atom. The van der Waals surface area contributed by atoms with E-state index < -0.39 is 10.7 Å². The number of nitro benzene ring substituents is 1. The average molecular weight is 376 g/mol. The Balaban J connectivity index is 1.43. The van der Waals surface area contributed by atoms with Crippen molar-refractivity contribution >= 4 is 5.69 Å². The zero-order chi connectivity index (χ0) is 19.2. The molecular formula is C23H34FNO2. The van der Waals surface area contributed by atoms with Gasteiger partial charge in [-0.3, -0.25) is 10.1 Å². The molecule has 0 N–H and O–H groups in total. The Hall–Kier alpha value is -1.45. The molecule has 0 heterocycles. The second-order valence-corrected chi connectivity index (χ2v) is 8.91. The summed E-state index contributed by atoms with van der Waals surface area (Å²) in [7, 11) is 0. The molecule has 0 amide bonds. The maximum atomic E-state index is 14.4. The summed E-state index contributed by atoms with van der Waals surface area (Å²) in [5.41, 5.74) is 0.171.